The number of carbonyl (C=O) groups is 2. The molecule has 21 heavy (non-hydrogen) atoms. The number of nitrogens with zero attached hydrogens (tertiary/aromatic N) is 1. The van der Waals surface area contributed by atoms with E-state index < -0.39 is 0 Å². The molecule has 1 heterocycles. The van der Waals surface area contributed by atoms with E-state index in [1.54, 1.807) is 30.2 Å². The quantitative estimate of drug-likeness (QED) is 0.779. The summed E-state index contributed by atoms with van der Waals surface area (Å²) in [6.07, 6.45) is 4.70. The van der Waals surface area contributed by atoms with Gasteiger partial charge in [-0.2, -0.15) is 0 Å². The van der Waals surface area contributed by atoms with Crippen LogP contribution in [-0.4, -0.2) is 36.8 Å². The van der Waals surface area contributed by atoms with Crippen molar-refractivity contribution in [3.8, 4) is 5.75 Å². The van der Waals surface area contributed by atoms with Crippen molar-refractivity contribution in [1.29, 1.82) is 0 Å². The molecule has 5 heteroatoms. The Morgan fingerprint density at radius 2 is 2.05 bits per heavy atom. The van der Waals surface area contributed by atoms with Crippen LogP contribution in [0, 0.1) is 0 Å². The predicted octanol–water partition coefficient (Wildman–Crippen LogP) is 3.43. The zero-order valence-electron chi connectivity index (χ0n) is 12.2. The summed E-state index contributed by atoms with van der Waals surface area (Å²) >= 11 is 3.38. The van der Waals surface area contributed by atoms with Gasteiger partial charge < -0.3 is 9.64 Å². The number of halogens is 1. The van der Waals surface area contributed by atoms with Crippen LogP contribution in [0.4, 0.5) is 0 Å². The third kappa shape index (κ3) is 4.30. The molecule has 2 rings (SSSR count). The smallest absolute Gasteiger partial charge is 0.222 e. The van der Waals surface area contributed by atoms with E-state index in [2.05, 4.69) is 15.9 Å². The van der Waals surface area contributed by atoms with Gasteiger partial charge in [-0.1, -0.05) is 12.8 Å². The van der Waals surface area contributed by atoms with E-state index in [9.17, 15) is 9.59 Å². The van der Waals surface area contributed by atoms with E-state index in [0.29, 0.717) is 24.3 Å². The van der Waals surface area contributed by atoms with Crippen molar-refractivity contribution < 1.29 is 14.3 Å². The highest BCUT2D eigenvalue weighted by atomic mass is 79.9. The Kier molecular flexibility index (Phi) is 5.79. The number of amides is 1. The van der Waals surface area contributed by atoms with Crippen LogP contribution in [0.25, 0.3) is 0 Å². The number of carbonyl (C=O) groups excluding carboxylic acids is 2. The molecule has 0 aromatic heterocycles. The number of ether oxygens (including phenoxy) is 1. The van der Waals surface area contributed by atoms with Gasteiger partial charge in [-0.05, 0) is 47.0 Å². The van der Waals surface area contributed by atoms with Gasteiger partial charge in [-0.3, -0.25) is 9.59 Å². The highest BCUT2D eigenvalue weighted by Crippen LogP contribution is 2.26. The highest BCUT2D eigenvalue weighted by molar-refractivity contribution is 9.10. The zero-order chi connectivity index (χ0) is 15.2. The molecular weight excluding hydrogens is 334 g/mol. The summed E-state index contributed by atoms with van der Waals surface area (Å²) in [4.78, 5) is 26.1. The van der Waals surface area contributed by atoms with E-state index >= 15 is 0 Å². The molecule has 1 amide bonds. The van der Waals surface area contributed by atoms with Crippen molar-refractivity contribution >= 4 is 27.6 Å². The van der Waals surface area contributed by atoms with Crippen molar-refractivity contribution in [2.24, 2.45) is 0 Å². The van der Waals surface area contributed by atoms with Crippen LogP contribution in [0.2, 0.25) is 0 Å². The van der Waals surface area contributed by atoms with Gasteiger partial charge in [-0.15, -0.1) is 0 Å². The molecule has 0 bridgehead atoms. The molecule has 0 radical (unpaired) electrons. The third-order valence-electron chi connectivity index (χ3n) is 3.73. The second-order valence-corrected chi connectivity index (χ2v) is 6.11. The van der Waals surface area contributed by atoms with Gasteiger partial charge in [0.25, 0.3) is 0 Å². The van der Waals surface area contributed by atoms with Gasteiger partial charge in [0.15, 0.2) is 5.78 Å². The Bertz CT molecular complexity index is 530. The van der Waals surface area contributed by atoms with E-state index in [-0.39, 0.29) is 18.2 Å². The second-order valence-electron chi connectivity index (χ2n) is 5.25. The fourth-order valence-corrected chi connectivity index (χ4v) is 3.03. The number of methoxy groups -OCH3 is 1. The molecule has 0 saturated carbocycles. The molecule has 0 spiro atoms. The Morgan fingerprint density at radius 3 is 2.76 bits per heavy atom. The van der Waals surface area contributed by atoms with Gasteiger partial charge in [0.1, 0.15) is 5.75 Å². The maximum atomic E-state index is 12.4. The maximum absolute atomic E-state index is 12.4. The Labute approximate surface area is 133 Å². The lowest BCUT2D eigenvalue weighted by Gasteiger charge is -2.24. The number of Topliss-reactive ketones (excluding diaryl/α,β-unsaturated/α-hetero) is 1. The summed E-state index contributed by atoms with van der Waals surface area (Å²) in [6, 6.07) is 5.24. The van der Waals surface area contributed by atoms with Crippen molar-refractivity contribution in [2.75, 3.05) is 20.2 Å². The first-order valence-corrected chi connectivity index (χ1v) is 8.05. The first kappa shape index (κ1) is 16.0. The van der Waals surface area contributed by atoms with Crippen LogP contribution < -0.4 is 4.74 Å². The Balaban J connectivity index is 2.05. The van der Waals surface area contributed by atoms with Gasteiger partial charge in [-0.25, -0.2) is 0 Å². The number of likely N-dealkylation sites (tertiary alicyclic amines) is 1. The SMILES string of the molecule is COc1ccc(C(=O)CN2CCCCCCC2=O)cc1Br. The molecule has 0 N–H and O–H groups in total. The predicted molar refractivity (Wildman–Crippen MR) is 84.7 cm³/mol. The lowest BCUT2D eigenvalue weighted by Crippen LogP contribution is -2.37. The van der Waals surface area contributed by atoms with Crippen LogP contribution in [0.3, 0.4) is 0 Å². The van der Waals surface area contributed by atoms with Crippen LogP contribution in [-0.2, 0) is 4.79 Å². The molecule has 0 atom stereocenters. The molecule has 0 aliphatic carbocycles. The molecule has 1 aliphatic rings. The molecule has 1 saturated heterocycles. The molecular formula is C16H20BrNO3. The molecule has 1 fully saturated rings. The van der Waals surface area contributed by atoms with Crippen LogP contribution in [0.15, 0.2) is 22.7 Å². The monoisotopic (exact) mass is 353 g/mol. The van der Waals surface area contributed by atoms with Crippen LogP contribution in [0.1, 0.15) is 42.5 Å². The first-order valence-electron chi connectivity index (χ1n) is 7.26. The highest BCUT2D eigenvalue weighted by Gasteiger charge is 2.19. The number of ketones is 1. The number of hydrogen-bond acceptors (Lipinski definition) is 3. The third-order valence-corrected chi connectivity index (χ3v) is 4.35. The van der Waals surface area contributed by atoms with Gasteiger partial charge in [0, 0.05) is 18.5 Å². The summed E-state index contributed by atoms with van der Waals surface area (Å²) < 4.78 is 5.90. The Hall–Kier alpha value is -1.36. The second kappa shape index (κ2) is 7.59. The number of hydrogen-bond donors (Lipinski definition) is 0. The Morgan fingerprint density at radius 1 is 1.29 bits per heavy atom. The van der Waals surface area contributed by atoms with Crippen LogP contribution in [0.5, 0.6) is 5.75 Å². The average molecular weight is 354 g/mol. The normalized spacial score (nSPS) is 16.3. The van der Waals surface area contributed by atoms with E-state index in [4.69, 9.17) is 4.74 Å². The fraction of sp³-hybridized carbons (Fsp3) is 0.500. The minimum atomic E-state index is -0.0349. The molecule has 114 valence electrons. The van der Waals surface area contributed by atoms with Crippen molar-refractivity contribution in [3.05, 3.63) is 28.2 Å². The topological polar surface area (TPSA) is 46.6 Å². The summed E-state index contributed by atoms with van der Waals surface area (Å²) in [5.41, 5.74) is 0.595. The minimum absolute atomic E-state index is 0.0349. The fourth-order valence-electron chi connectivity index (χ4n) is 2.49. The van der Waals surface area contributed by atoms with Gasteiger partial charge in [0.2, 0.25) is 5.91 Å². The molecule has 1 aromatic rings. The molecule has 1 aromatic carbocycles. The van der Waals surface area contributed by atoms with E-state index in [1.807, 2.05) is 0 Å². The standard InChI is InChI=1S/C16H20BrNO3/c1-21-15-8-7-12(10-13(15)17)14(19)11-18-9-5-3-2-4-6-16(18)20/h7-8,10H,2-6,9,11H2,1H3. The lowest BCUT2D eigenvalue weighted by atomic mass is 10.1. The molecule has 0 unspecified atom stereocenters. The van der Waals surface area contributed by atoms with Crippen molar-refractivity contribution in [1.82, 2.24) is 4.90 Å². The number of benzene rings is 1. The lowest BCUT2D eigenvalue weighted by molar-refractivity contribution is -0.131. The average Bonchev–Trinajstić information content (AvgIpc) is 2.46. The summed E-state index contributed by atoms with van der Waals surface area (Å²) in [5.74, 6) is 0.747. The van der Waals surface area contributed by atoms with Crippen molar-refractivity contribution in [2.45, 2.75) is 32.1 Å². The minimum Gasteiger partial charge on any atom is -0.496 e. The first-order chi connectivity index (χ1) is 10.1. The summed E-state index contributed by atoms with van der Waals surface area (Å²) in [7, 11) is 1.58. The van der Waals surface area contributed by atoms with Gasteiger partial charge >= 0.3 is 0 Å². The van der Waals surface area contributed by atoms with Crippen molar-refractivity contribution in [3.63, 3.8) is 0 Å². The van der Waals surface area contributed by atoms with E-state index in [0.717, 1.165) is 30.2 Å². The van der Waals surface area contributed by atoms with Gasteiger partial charge in [0.05, 0.1) is 18.1 Å². The molecule has 4 nitrogen and oxygen atoms in total. The summed E-state index contributed by atoms with van der Waals surface area (Å²) in [6.45, 7) is 0.847. The van der Waals surface area contributed by atoms with E-state index in [1.165, 1.54) is 0 Å². The molecule has 1 aliphatic heterocycles. The maximum Gasteiger partial charge on any atom is 0.222 e. The largest absolute Gasteiger partial charge is 0.496 e. The summed E-state index contributed by atoms with van der Waals surface area (Å²) in [5, 5.41) is 0. The zero-order valence-corrected chi connectivity index (χ0v) is 13.8. The van der Waals surface area contributed by atoms with Crippen LogP contribution >= 0.6 is 15.9 Å². The number of rotatable bonds is 4.